The van der Waals surface area contributed by atoms with Crippen molar-refractivity contribution in [2.45, 2.75) is 70.7 Å². The third-order valence-corrected chi connectivity index (χ3v) is 11.4. The number of carbonyl (C=O) groups excluding carboxylic acids is 1. The normalized spacial score (nSPS) is 21.2. The number of rotatable bonds is 13. The fraction of sp³-hybridized carbons (Fsp3) is 0.415. The van der Waals surface area contributed by atoms with Gasteiger partial charge in [-0.25, -0.2) is 4.98 Å². The van der Waals surface area contributed by atoms with E-state index in [1.54, 1.807) is 20.3 Å². The third kappa shape index (κ3) is 7.87. The van der Waals surface area contributed by atoms with Crippen LogP contribution in [-0.2, 0) is 29.1 Å². The number of hydrogen-bond donors (Lipinski definition) is 2. The van der Waals surface area contributed by atoms with Crippen LogP contribution in [0.25, 0.3) is 22.4 Å². The van der Waals surface area contributed by atoms with Crippen LogP contribution in [0, 0.1) is 11.8 Å². The Kier molecular flexibility index (Phi) is 11.2. The molecule has 2 N–H and O–H groups in total. The Morgan fingerprint density at radius 2 is 1.70 bits per heavy atom. The molecule has 7 rings (SSSR count). The number of ether oxygens (including phenoxy) is 3. The van der Waals surface area contributed by atoms with E-state index in [-0.39, 0.29) is 17.9 Å². The molecule has 1 aliphatic heterocycles. The first-order valence-electron chi connectivity index (χ1n) is 18.2. The predicted octanol–water partition coefficient (Wildman–Crippen LogP) is 7.95. The van der Waals surface area contributed by atoms with Crippen LogP contribution in [0.15, 0.2) is 54.6 Å². The highest BCUT2D eigenvalue weighted by Gasteiger charge is 2.36. The highest BCUT2D eigenvalue weighted by molar-refractivity contribution is 6.36. The van der Waals surface area contributed by atoms with Gasteiger partial charge in [0.2, 0.25) is 17.6 Å². The quantitative estimate of drug-likeness (QED) is 0.139. The number of pyridine rings is 2. The minimum Gasteiger partial charge on any atom is -0.481 e. The number of nitrogens with one attached hydrogen (secondary N) is 1. The van der Waals surface area contributed by atoms with Gasteiger partial charge in [0.05, 0.1) is 24.9 Å². The smallest absolute Gasteiger partial charge is 0.320 e. The molecular weight excluding hydrogens is 715 g/mol. The van der Waals surface area contributed by atoms with Gasteiger partial charge in [0.1, 0.15) is 23.0 Å². The molecule has 0 radical (unpaired) electrons. The molecule has 0 spiro atoms. The zero-order valence-corrected chi connectivity index (χ0v) is 31.7. The van der Waals surface area contributed by atoms with Crippen LogP contribution in [-0.4, -0.2) is 65.1 Å². The molecule has 4 atom stereocenters. The molecular formula is C41H44Cl2N4O6. The zero-order valence-electron chi connectivity index (χ0n) is 30.2. The number of halogens is 2. The molecule has 0 bridgehead atoms. The number of ketones is 1. The summed E-state index contributed by atoms with van der Waals surface area (Å²) in [5.41, 5.74) is 7.28. The molecule has 0 amide bonds. The Hall–Kier alpha value is -4.22. The van der Waals surface area contributed by atoms with Crippen LogP contribution < -0.4 is 19.5 Å². The molecule has 2 aliphatic carbocycles. The maximum atomic E-state index is 11.9. The number of carbonyl (C=O) groups is 2. The van der Waals surface area contributed by atoms with E-state index in [2.05, 4.69) is 29.4 Å². The first-order valence-corrected chi connectivity index (χ1v) is 18.9. The van der Waals surface area contributed by atoms with Gasteiger partial charge in [0.25, 0.3) is 0 Å². The van der Waals surface area contributed by atoms with Gasteiger partial charge >= 0.3 is 5.97 Å². The van der Waals surface area contributed by atoms with Crippen molar-refractivity contribution in [1.29, 1.82) is 0 Å². The number of Topliss-reactive ketones (excluding diaryl/α,β-unsaturated/α-hetero) is 1. The lowest BCUT2D eigenvalue weighted by Gasteiger charge is -2.23. The Bertz CT molecular complexity index is 2020. The number of aromatic nitrogens is 2. The van der Waals surface area contributed by atoms with Gasteiger partial charge in [-0.1, -0.05) is 72.6 Å². The molecule has 0 unspecified atom stereocenters. The van der Waals surface area contributed by atoms with Gasteiger partial charge in [-0.15, -0.1) is 0 Å². The minimum absolute atomic E-state index is 0.271. The molecule has 2 fully saturated rings. The lowest BCUT2D eigenvalue weighted by Crippen LogP contribution is -2.35. The van der Waals surface area contributed by atoms with Crippen molar-refractivity contribution < 1.29 is 28.9 Å². The molecule has 2 aromatic carbocycles. The fourth-order valence-electron chi connectivity index (χ4n) is 8.12. The summed E-state index contributed by atoms with van der Waals surface area (Å²) in [6.45, 7) is 4.47. The summed E-state index contributed by atoms with van der Waals surface area (Å²) in [6, 6.07) is 17.3. The molecule has 3 aliphatic rings. The van der Waals surface area contributed by atoms with E-state index in [1.807, 2.05) is 41.3 Å². The highest BCUT2D eigenvalue weighted by atomic mass is 35.5. The maximum absolute atomic E-state index is 11.9. The second-order valence-electron chi connectivity index (χ2n) is 14.4. The van der Waals surface area contributed by atoms with Crippen LogP contribution in [0.2, 0.25) is 10.0 Å². The van der Waals surface area contributed by atoms with E-state index in [9.17, 15) is 14.7 Å². The Balaban J connectivity index is 1.09. The van der Waals surface area contributed by atoms with Crippen LogP contribution in [0.1, 0.15) is 67.4 Å². The predicted molar refractivity (Wildman–Crippen MR) is 204 cm³/mol. The largest absolute Gasteiger partial charge is 0.481 e. The number of benzene rings is 2. The Morgan fingerprint density at radius 1 is 0.943 bits per heavy atom. The minimum atomic E-state index is -0.829. The van der Waals surface area contributed by atoms with Crippen molar-refractivity contribution in [3.05, 3.63) is 86.9 Å². The lowest BCUT2D eigenvalue weighted by atomic mass is 9.94. The molecule has 10 nitrogen and oxygen atoms in total. The second kappa shape index (κ2) is 16.0. The van der Waals surface area contributed by atoms with Crippen molar-refractivity contribution in [2.24, 2.45) is 11.8 Å². The van der Waals surface area contributed by atoms with Crippen molar-refractivity contribution in [3.63, 3.8) is 0 Å². The average molecular weight is 760 g/mol. The van der Waals surface area contributed by atoms with Crippen molar-refractivity contribution in [2.75, 3.05) is 27.3 Å². The van der Waals surface area contributed by atoms with Crippen molar-refractivity contribution in [1.82, 2.24) is 20.2 Å². The van der Waals surface area contributed by atoms with E-state index in [1.165, 1.54) is 0 Å². The number of likely N-dealkylation sites (tertiary alicyclic amines) is 1. The lowest BCUT2D eigenvalue weighted by molar-refractivity contribution is -0.142. The van der Waals surface area contributed by atoms with Gasteiger partial charge in [0, 0.05) is 54.7 Å². The monoisotopic (exact) mass is 758 g/mol. The molecule has 1 saturated heterocycles. The summed E-state index contributed by atoms with van der Waals surface area (Å²) < 4.78 is 17.8. The third-order valence-electron chi connectivity index (χ3n) is 10.7. The topological polar surface area (TPSA) is 123 Å². The van der Waals surface area contributed by atoms with Crippen LogP contribution in [0.4, 0.5) is 0 Å². The maximum Gasteiger partial charge on any atom is 0.320 e. The van der Waals surface area contributed by atoms with Crippen LogP contribution >= 0.6 is 23.2 Å². The van der Waals surface area contributed by atoms with Gasteiger partial charge in [-0.2, -0.15) is 4.98 Å². The number of carboxylic acids is 1. The summed E-state index contributed by atoms with van der Waals surface area (Å²) in [5, 5.41) is 14.2. The second-order valence-corrected chi connectivity index (χ2v) is 15.2. The fourth-order valence-corrected chi connectivity index (χ4v) is 8.66. The molecule has 53 heavy (non-hydrogen) atoms. The number of carboxylic acid groups (broad SMARTS) is 1. The summed E-state index contributed by atoms with van der Waals surface area (Å²) in [5.74, 6) is 1.35. The van der Waals surface area contributed by atoms with Crippen molar-refractivity contribution >= 4 is 35.0 Å². The summed E-state index contributed by atoms with van der Waals surface area (Å²) in [7, 11) is 3.16. The van der Waals surface area contributed by atoms with Gasteiger partial charge in [0.15, 0.2) is 0 Å². The number of nitrogens with zero attached hydrogens (tertiary/aromatic N) is 3. The summed E-state index contributed by atoms with van der Waals surface area (Å²) in [4.78, 5) is 35.0. The van der Waals surface area contributed by atoms with Gasteiger partial charge in [-0.3, -0.25) is 14.5 Å². The Morgan fingerprint density at radius 3 is 2.45 bits per heavy atom. The number of fused-ring (bicyclic) bond motifs is 1. The summed E-state index contributed by atoms with van der Waals surface area (Å²) in [6.07, 6.45) is 4.09. The number of hydrogen-bond acceptors (Lipinski definition) is 9. The molecule has 3 heterocycles. The van der Waals surface area contributed by atoms with E-state index in [0.29, 0.717) is 83.7 Å². The van der Waals surface area contributed by atoms with Crippen LogP contribution in [0.3, 0.4) is 0 Å². The standard InChI is InChI=1S/C41H44Cl2N4O6/c1-23-16-35(41(49)50)47(21-23)22-26-18-33(42)40(46-39(26)52-3)53-36-15-13-29-28(6-4-7-30(29)36)31-8-5-9-32(37(31)43)34-14-11-25(38(45-34)51-2)20-44-19-24-10-12-27(48)17-24/h4-9,11,14,18,23-24,35-36,44H,10,12-13,15-17,19-22H2,1-3H3,(H,49,50)/t23-,24-,35+,36+/m1/s1. The molecule has 1 saturated carbocycles. The van der Waals surface area contributed by atoms with Gasteiger partial charge in [-0.05, 0) is 72.9 Å². The summed E-state index contributed by atoms with van der Waals surface area (Å²) >= 11 is 13.9. The molecule has 4 aromatic rings. The number of aliphatic carboxylic acids is 1. The van der Waals surface area contributed by atoms with Gasteiger partial charge < -0.3 is 24.6 Å². The average Bonchev–Trinajstić information content (AvgIpc) is 3.87. The Labute approximate surface area is 319 Å². The highest BCUT2D eigenvalue weighted by Crippen LogP contribution is 2.45. The van der Waals surface area contributed by atoms with E-state index in [0.717, 1.165) is 59.2 Å². The first kappa shape index (κ1) is 37.1. The van der Waals surface area contributed by atoms with E-state index in [4.69, 9.17) is 42.4 Å². The van der Waals surface area contributed by atoms with Crippen LogP contribution in [0.5, 0.6) is 17.6 Å². The van der Waals surface area contributed by atoms with E-state index < -0.39 is 12.0 Å². The number of methoxy groups -OCH3 is 2. The first-order chi connectivity index (χ1) is 25.6. The van der Waals surface area contributed by atoms with Crippen molar-refractivity contribution in [3.8, 4) is 40.0 Å². The molecule has 2 aromatic heterocycles. The van der Waals surface area contributed by atoms with E-state index >= 15 is 0 Å². The zero-order chi connectivity index (χ0) is 37.2. The molecule has 12 heteroatoms. The SMILES string of the molecule is COc1nc(-c2cccc(-c3cccc4c3CC[C@@H]4Oc3nc(OC)c(CN4C[C@H](C)C[C@H]4C(=O)O)cc3Cl)c2Cl)ccc1CNC[C@@H]1CCC(=O)C1. The molecule has 278 valence electrons.